The maximum absolute atomic E-state index is 13.9. The van der Waals surface area contributed by atoms with Gasteiger partial charge >= 0.3 is 0 Å². The van der Waals surface area contributed by atoms with E-state index in [0.29, 0.717) is 42.6 Å². The van der Waals surface area contributed by atoms with Crippen LogP contribution in [0.1, 0.15) is 10.5 Å². The van der Waals surface area contributed by atoms with Crippen molar-refractivity contribution in [3.05, 3.63) is 70.4 Å². The summed E-state index contributed by atoms with van der Waals surface area (Å²) in [5, 5.41) is 7.34. The highest BCUT2D eigenvalue weighted by molar-refractivity contribution is 6.04. The fourth-order valence-electron chi connectivity index (χ4n) is 3.29. The lowest BCUT2D eigenvalue weighted by Gasteiger charge is -2.36. The molecule has 26 heavy (non-hydrogen) atoms. The van der Waals surface area contributed by atoms with Gasteiger partial charge in [0.25, 0.3) is 11.5 Å². The van der Waals surface area contributed by atoms with Crippen molar-refractivity contribution in [2.75, 3.05) is 31.1 Å². The van der Waals surface area contributed by atoms with Crippen LogP contribution in [0, 0.1) is 5.82 Å². The van der Waals surface area contributed by atoms with Gasteiger partial charge < -0.3 is 9.80 Å². The van der Waals surface area contributed by atoms with Gasteiger partial charge in [0.05, 0.1) is 11.1 Å². The second-order valence-corrected chi connectivity index (χ2v) is 6.18. The quantitative estimate of drug-likeness (QED) is 0.766. The molecule has 0 saturated carbocycles. The number of hydrogen-bond acceptors (Lipinski definition) is 4. The van der Waals surface area contributed by atoms with E-state index in [-0.39, 0.29) is 23.0 Å². The molecule has 0 bridgehead atoms. The zero-order valence-electron chi connectivity index (χ0n) is 14.0. The Morgan fingerprint density at radius 3 is 2.35 bits per heavy atom. The molecule has 0 radical (unpaired) electrons. The topological polar surface area (TPSA) is 69.3 Å². The summed E-state index contributed by atoms with van der Waals surface area (Å²) in [6.45, 7) is 1.99. The summed E-state index contributed by atoms with van der Waals surface area (Å²) in [5.41, 5.74) is 0.466. The third-order valence-corrected chi connectivity index (χ3v) is 4.66. The average molecular weight is 352 g/mol. The molecule has 4 rings (SSSR count). The van der Waals surface area contributed by atoms with Gasteiger partial charge in [0.2, 0.25) is 0 Å². The lowest BCUT2D eigenvalue weighted by Crippen LogP contribution is -2.49. The van der Waals surface area contributed by atoms with Crippen LogP contribution in [-0.4, -0.2) is 47.2 Å². The molecule has 1 fully saturated rings. The summed E-state index contributed by atoms with van der Waals surface area (Å²) in [4.78, 5) is 28.4. The number of rotatable bonds is 2. The Kier molecular flexibility index (Phi) is 4.12. The molecule has 1 aliphatic rings. The number of hydrogen-bond donors (Lipinski definition) is 1. The smallest absolute Gasteiger partial charge is 0.275 e. The van der Waals surface area contributed by atoms with Crippen LogP contribution in [0.25, 0.3) is 10.8 Å². The molecule has 2 heterocycles. The number of aromatic nitrogens is 2. The molecule has 132 valence electrons. The fraction of sp³-hybridized carbons (Fsp3) is 0.211. The van der Waals surface area contributed by atoms with Crippen LogP contribution in [0.5, 0.6) is 0 Å². The van der Waals surface area contributed by atoms with Crippen molar-refractivity contribution in [1.82, 2.24) is 15.1 Å². The lowest BCUT2D eigenvalue weighted by atomic mass is 10.1. The highest BCUT2D eigenvalue weighted by atomic mass is 19.1. The minimum Gasteiger partial charge on any atom is -0.366 e. The number of carbonyl (C=O) groups excluding carboxylic acids is 1. The van der Waals surface area contributed by atoms with E-state index in [1.165, 1.54) is 6.07 Å². The number of benzene rings is 2. The number of piperazine rings is 1. The Morgan fingerprint density at radius 1 is 0.962 bits per heavy atom. The van der Waals surface area contributed by atoms with E-state index in [1.807, 2.05) is 4.90 Å². The number of H-pyrrole nitrogens is 1. The van der Waals surface area contributed by atoms with Crippen LogP contribution in [0.2, 0.25) is 0 Å². The summed E-state index contributed by atoms with van der Waals surface area (Å²) in [7, 11) is 0. The molecule has 7 heteroatoms. The number of aromatic amines is 1. The number of para-hydroxylation sites is 1. The zero-order valence-corrected chi connectivity index (χ0v) is 14.0. The molecule has 1 saturated heterocycles. The lowest BCUT2D eigenvalue weighted by molar-refractivity contribution is 0.0741. The molecular weight excluding hydrogens is 335 g/mol. The molecule has 0 aliphatic carbocycles. The molecule has 0 atom stereocenters. The van der Waals surface area contributed by atoms with Crippen LogP contribution < -0.4 is 10.5 Å². The largest absolute Gasteiger partial charge is 0.366 e. The van der Waals surface area contributed by atoms with E-state index in [0.717, 1.165) is 0 Å². The second kappa shape index (κ2) is 6.59. The number of halogens is 1. The summed E-state index contributed by atoms with van der Waals surface area (Å²) in [6, 6.07) is 13.5. The van der Waals surface area contributed by atoms with Crippen molar-refractivity contribution in [3.8, 4) is 0 Å². The van der Waals surface area contributed by atoms with Crippen LogP contribution in [0.15, 0.2) is 53.3 Å². The highest BCUT2D eigenvalue weighted by Gasteiger charge is 2.25. The zero-order chi connectivity index (χ0) is 18.1. The number of anilines is 1. The Hall–Kier alpha value is -3.22. The van der Waals surface area contributed by atoms with Crippen molar-refractivity contribution >= 4 is 22.4 Å². The maximum Gasteiger partial charge on any atom is 0.275 e. The van der Waals surface area contributed by atoms with Crippen molar-refractivity contribution in [3.63, 3.8) is 0 Å². The first-order chi connectivity index (χ1) is 12.6. The standard InChI is InChI=1S/C19H17FN4O2/c20-15-7-3-4-8-16(15)23-9-11-24(12-10-23)19(26)17-13-5-1-2-6-14(13)18(25)22-21-17/h1-8H,9-12H2,(H,22,25). The Bertz CT molecular complexity index is 1030. The number of fused-ring (bicyclic) bond motifs is 1. The molecule has 1 N–H and O–H groups in total. The summed E-state index contributed by atoms with van der Waals surface area (Å²) in [6.07, 6.45) is 0. The van der Waals surface area contributed by atoms with Gasteiger partial charge in [-0.3, -0.25) is 9.59 Å². The van der Waals surface area contributed by atoms with Gasteiger partial charge in [0, 0.05) is 31.6 Å². The van der Waals surface area contributed by atoms with Crippen molar-refractivity contribution in [2.45, 2.75) is 0 Å². The maximum atomic E-state index is 13.9. The van der Waals surface area contributed by atoms with Gasteiger partial charge in [-0.05, 0) is 18.2 Å². The summed E-state index contributed by atoms with van der Waals surface area (Å²) >= 11 is 0. The van der Waals surface area contributed by atoms with Crippen LogP contribution >= 0.6 is 0 Å². The average Bonchev–Trinajstić information content (AvgIpc) is 2.69. The van der Waals surface area contributed by atoms with Crippen LogP contribution in [0.4, 0.5) is 10.1 Å². The molecule has 0 unspecified atom stereocenters. The third kappa shape index (κ3) is 2.81. The predicted molar refractivity (Wildman–Crippen MR) is 96.9 cm³/mol. The van der Waals surface area contributed by atoms with Gasteiger partial charge in [0.1, 0.15) is 5.82 Å². The van der Waals surface area contributed by atoms with Crippen LogP contribution in [-0.2, 0) is 0 Å². The van der Waals surface area contributed by atoms with E-state index < -0.39 is 0 Å². The SMILES string of the molecule is O=C(c1n[nH]c(=O)c2ccccc12)N1CCN(c2ccccc2F)CC1. The normalized spacial score (nSPS) is 14.7. The Morgan fingerprint density at radius 2 is 1.62 bits per heavy atom. The number of amides is 1. The Balaban J connectivity index is 1.56. The Labute approximate surface area is 148 Å². The van der Waals surface area contributed by atoms with Gasteiger partial charge in [-0.1, -0.05) is 30.3 Å². The monoisotopic (exact) mass is 352 g/mol. The molecular formula is C19H17FN4O2. The molecule has 1 aromatic heterocycles. The van der Waals surface area contributed by atoms with Crippen LogP contribution in [0.3, 0.4) is 0 Å². The first kappa shape index (κ1) is 16.3. The minimum absolute atomic E-state index is 0.231. The summed E-state index contributed by atoms with van der Waals surface area (Å²) in [5.74, 6) is -0.494. The van der Waals surface area contributed by atoms with Gasteiger partial charge in [0.15, 0.2) is 5.69 Å². The van der Waals surface area contributed by atoms with Crippen molar-refractivity contribution < 1.29 is 9.18 Å². The molecule has 1 aliphatic heterocycles. The summed E-state index contributed by atoms with van der Waals surface area (Å²) < 4.78 is 13.9. The number of carbonyl (C=O) groups is 1. The minimum atomic E-state index is -0.318. The van der Waals surface area contributed by atoms with E-state index in [9.17, 15) is 14.0 Å². The van der Waals surface area contributed by atoms with E-state index in [1.54, 1.807) is 47.4 Å². The van der Waals surface area contributed by atoms with Gasteiger partial charge in [-0.25, -0.2) is 9.49 Å². The first-order valence-corrected chi connectivity index (χ1v) is 8.41. The number of nitrogens with one attached hydrogen (secondary N) is 1. The van der Waals surface area contributed by atoms with E-state index >= 15 is 0 Å². The molecule has 0 spiro atoms. The number of nitrogens with zero attached hydrogens (tertiary/aromatic N) is 3. The molecule has 3 aromatic rings. The van der Waals surface area contributed by atoms with Gasteiger partial charge in [-0.15, -0.1) is 0 Å². The molecule has 6 nitrogen and oxygen atoms in total. The second-order valence-electron chi connectivity index (χ2n) is 6.18. The third-order valence-electron chi connectivity index (χ3n) is 4.66. The predicted octanol–water partition coefficient (Wildman–Crippen LogP) is 2.02. The highest BCUT2D eigenvalue weighted by Crippen LogP contribution is 2.21. The van der Waals surface area contributed by atoms with E-state index in [2.05, 4.69) is 10.2 Å². The van der Waals surface area contributed by atoms with Crippen molar-refractivity contribution in [1.29, 1.82) is 0 Å². The molecule has 1 amide bonds. The fourth-order valence-corrected chi connectivity index (χ4v) is 3.29. The molecule has 2 aromatic carbocycles. The van der Waals surface area contributed by atoms with Crippen molar-refractivity contribution in [2.24, 2.45) is 0 Å². The van der Waals surface area contributed by atoms with E-state index in [4.69, 9.17) is 0 Å². The first-order valence-electron chi connectivity index (χ1n) is 8.41. The van der Waals surface area contributed by atoms with Gasteiger partial charge in [-0.2, -0.15) is 5.10 Å².